The van der Waals surface area contributed by atoms with Crippen molar-refractivity contribution in [3.63, 3.8) is 0 Å². The second-order valence-electron chi connectivity index (χ2n) is 6.01. The number of urea groups is 1. The molecule has 8 heteroatoms. The molecule has 27 heavy (non-hydrogen) atoms. The van der Waals surface area contributed by atoms with Crippen molar-refractivity contribution < 1.29 is 14.3 Å². The number of nitrogens with zero attached hydrogens (tertiary/aromatic N) is 1. The van der Waals surface area contributed by atoms with Crippen LogP contribution >= 0.6 is 11.3 Å². The predicted molar refractivity (Wildman–Crippen MR) is 109 cm³/mol. The number of aryl methyl sites for hydroxylation is 1. The van der Waals surface area contributed by atoms with Gasteiger partial charge in [-0.3, -0.25) is 10.1 Å². The van der Waals surface area contributed by atoms with Crippen LogP contribution in [0.5, 0.6) is 5.75 Å². The summed E-state index contributed by atoms with van der Waals surface area (Å²) in [4.78, 5) is 28.2. The molecule has 1 aromatic heterocycles. The van der Waals surface area contributed by atoms with Gasteiger partial charge in [0.05, 0.1) is 12.8 Å². The molecule has 2 aromatic rings. The normalized spacial score (nSPS) is 10.3. The number of thiazole rings is 1. The van der Waals surface area contributed by atoms with Crippen molar-refractivity contribution in [3.05, 3.63) is 35.3 Å². The van der Waals surface area contributed by atoms with Crippen LogP contribution in [0.2, 0.25) is 0 Å². The summed E-state index contributed by atoms with van der Waals surface area (Å²) < 4.78 is 5.08. The van der Waals surface area contributed by atoms with Crippen molar-refractivity contribution in [2.24, 2.45) is 0 Å². The smallest absolute Gasteiger partial charge is 0.325 e. The first-order valence-corrected chi connectivity index (χ1v) is 9.92. The SMILES string of the molecule is CCCCCNC(=O)CCc1csc(NC(=O)Nc2ccc(OC)cc2)n1. The van der Waals surface area contributed by atoms with Crippen molar-refractivity contribution in [2.45, 2.75) is 39.0 Å². The molecule has 2 rings (SSSR count). The maximum absolute atomic E-state index is 12.0. The van der Waals surface area contributed by atoms with E-state index < -0.39 is 0 Å². The first-order valence-electron chi connectivity index (χ1n) is 9.04. The quantitative estimate of drug-likeness (QED) is 0.534. The zero-order valence-corrected chi connectivity index (χ0v) is 16.5. The van der Waals surface area contributed by atoms with Crippen molar-refractivity contribution in [3.8, 4) is 5.75 Å². The van der Waals surface area contributed by atoms with E-state index in [1.165, 1.54) is 11.3 Å². The Balaban J connectivity index is 1.72. The highest BCUT2D eigenvalue weighted by Crippen LogP contribution is 2.18. The first kappa shape index (κ1) is 20.7. The molecule has 0 atom stereocenters. The number of anilines is 2. The van der Waals surface area contributed by atoms with Crippen LogP contribution in [0.3, 0.4) is 0 Å². The van der Waals surface area contributed by atoms with Gasteiger partial charge in [-0.1, -0.05) is 19.8 Å². The minimum atomic E-state index is -0.366. The highest BCUT2D eigenvalue weighted by Gasteiger charge is 2.09. The van der Waals surface area contributed by atoms with E-state index in [-0.39, 0.29) is 11.9 Å². The number of methoxy groups -OCH3 is 1. The monoisotopic (exact) mass is 390 g/mol. The molecule has 0 unspecified atom stereocenters. The highest BCUT2D eigenvalue weighted by molar-refractivity contribution is 7.13. The van der Waals surface area contributed by atoms with Crippen LogP contribution in [0.4, 0.5) is 15.6 Å². The molecule has 0 aliphatic rings. The van der Waals surface area contributed by atoms with Gasteiger partial charge in [-0.2, -0.15) is 0 Å². The van der Waals surface area contributed by atoms with Gasteiger partial charge < -0.3 is 15.4 Å². The fourth-order valence-corrected chi connectivity index (χ4v) is 3.09. The number of amides is 3. The molecule has 3 amide bonds. The molecule has 0 saturated heterocycles. The van der Waals surface area contributed by atoms with Gasteiger partial charge in [0.25, 0.3) is 0 Å². The molecule has 0 aliphatic heterocycles. The molecule has 7 nitrogen and oxygen atoms in total. The standard InChI is InChI=1S/C19H26N4O3S/c1-3-4-5-12-20-17(24)11-8-15-13-27-19(22-15)23-18(25)21-14-6-9-16(26-2)10-7-14/h6-7,9-10,13H,3-5,8,11-12H2,1-2H3,(H,20,24)(H2,21,22,23,25). The van der Waals surface area contributed by atoms with Gasteiger partial charge in [-0.25, -0.2) is 9.78 Å². The maximum atomic E-state index is 12.0. The largest absolute Gasteiger partial charge is 0.497 e. The van der Waals surface area contributed by atoms with Gasteiger partial charge in [-0.05, 0) is 37.1 Å². The molecule has 0 spiro atoms. The average molecular weight is 391 g/mol. The van der Waals surface area contributed by atoms with Gasteiger partial charge in [-0.15, -0.1) is 11.3 Å². The maximum Gasteiger partial charge on any atom is 0.325 e. The fourth-order valence-electron chi connectivity index (χ4n) is 2.35. The van der Waals surface area contributed by atoms with Crippen molar-refractivity contribution in [1.29, 1.82) is 0 Å². The molecular weight excluding hydrogens is 364 g/mol. The molecule has 1 heterocycles. The van der Waals surface area contributed by atoms with Crippen LogP contribution in [-0.2, 0) is 11.2 Å². The zero-order valence-electron chi connectivity index (χ0n) is 15.7. The van der Waals surface area contributed by atoms with Crippen LogP contribution in [0, 0.1) is 0 Å². The predicted octanol–water partition coefficient (Wildman–Crippen LogP) is 4.03. The molecule has 0 saturated carbocycles. The fraction of sp³-hybridized carbons (Fsp3) is 0.421. The summed E-state index contributed by atoms with van der Waals surface area (Å²) in [6.45, 7) is 2.86. The summed E-state index contributed by atoms with van der Waals surface area (Å²) in [5.41, 5.74) is 1.45. The number of rotatable bonds is 10. The third-order valence-electron chi connectivity index (χ3n) is 3.83. The van der Waals surface area contributed by atoms with Gasteiger partial charge in [0.2, 0.25) is 5.91 Å². The van der Waals surface area contributed by atoms with Crippen LogP contribution in [0.1, 0.15) is 38.3 Å². The zero-order chi connectivity index (χ0) is 19.5. The van der Waals surface area contributed by atoms with E-state index in [9.17, 15) is 9.59 Å². The minimum absolute atomic E-state index is 0.0332. The van der Waals surface area contributed by atoms with E-state index in [0.717, 1.165) is 37.3 Å². The van der Waals surface area contributed by atoms with E-state index >= 15 is 0 Å². The number of hydrogen-bond acceptors (Lipinski definition) is 5. The van der Waals surface area contributed by atoms with Gasteiger partial charge >= 0.3 is 6.03 Å². The van der Waals surface area contributed by atoms with E-state index in [2.05, 4.69) is 27.9 Å². The summed E-state index contributed by atoms with van der Waals surface area (Å²) in [7, 11) is 1.59. The van der Waals surface area contributed by atoms with Crippen LogP contribution in [-0.4, -0.2) is 30.6 Å². The summed E-state index contributed by atoms with van der Waals surface area (Å²) >= 11 is 1.34. The Labute approximate surface area is 163 Å². The van der Waals surface area contributed by atoms with E-state index in [4.69, 9.17) is 4.74 Å². The third kappa shape index (κ3) is 7.65. The highest BCUT2D eigenvalue weighted by atomic mass is 32.1. The van der Waals surface area contributed by atoms with Crippen LogP contribution < -0.4 is 20.7 Å². The van der Waals surface area contributed by atoms with Crippen molar-refractivity contribution in [1.82, 2.24) is 10.3 Å². The summed E-state index contributed by atoms with van der Waals surface area (Å²) in [6.07, 6.45) is 4.22. The van der Waals surface area contributed by atoms with E-state index in [1.807, 2.05) is 5.38 Å². The Morgan fingerprint density at radius 3 is 2.63 bits per heavy atom. The lowest BCUT2D eigenvalue weighted by molar-refractivity contribution is -0.121. The Bertz CT molecular complexity index is 731. The van der Waals surface area contributed by atoms with Gasteiger partial charge in [0, 0.05) is 24.0 Å². The Morgan fingerprint density at radius 2 is 1.93 bits per heavy atom. The number of nitrogens with one attached hydrogen (secondary N) is 3. The average Bonchev–Trinajstić information content (AvgIpc) is 3.11. The molecule has 146 valence electrons. The topological polar surface area (TPSA) is 92.4 Å². The molecular formula is C19H26N4O3S. The second-order valence-corrected chi connectivity index (χ2v) is 6.87. The Hall–Kier alpha value is -2.61. The van der Waals surface area contributed by atoms with E-state index in [1.54, 1.807) is 31.4 Å². The molecule has 0 aliphatic carbocycles. The minimum Gasteiger partial charge on any atom is -0.497 e. The van der Waals surface area contributed by atoms with Crippen molar-refractivity contribution >= 4 is 34.1 Å². The lowest BCUT2D eigenvalue weighted by Crippen LogP contribution is -2.24. The molecule has 0 fully saturated rings. The van der Waals surface area contributed by atoms with E-state index in [0.29, 0.717) is 23.7 Å². The second kappa shape index (κ2) is 11.2. The van der Waals surface area contributed by atoms with Crippen LogP contribution in [0.25, 0.3) is 0 Å². The Kier molecular flexibility index (Phi) is 8.57. The van der Waals surface area contributed by atoms with Crippen LogP contribution in [0.15, 0.2) is 29.6 Å². The third-order valence-corrected chi connectivity index (χ3v) is 4.64. The Morgan fingerprint density at radius 1 is 1.15 bits per heavy atom. The molecule has 0 bridgehead atoms. The summed E-state index contributed by atoms with van der Waals surface area (Å²) in [6, 6.07) is 6.68. The first-order chi connectivity index (χ1) is 13.1. The number of carbonyl (C=O) groups is 2. The number of carbonyl (C=O) groups excluding carboxylic acids is 2. The van der Waals surface area contributed by atoms with Gasteiger partial charge in [0.15, 0.2) is 5.13 Å². The lowest BCUT2D eigenvalue weighted by atomic mass is 10.2. The number of benzene rings is 1. The summed E-state index contributed by atoms with van der Waals surface area (Å²) in [5, 5.41) is 10.7. The van der Waals surface area contributed by atoms with Crippen molar-refractivity contribution in [2.75, 3.05) is 24.3 Å². The number of aromatic nitrogens is 1. The molecule has 1 aromatic carbocycles. The summed E-state index contributed by atoms with van der Waals surface area (Å²) in [5.74, 6) is 0.755. The number of ether oxygens (including phenoxy) is 1. The lowest BCUT2D eigenvalue weighted by Gasteiger charge is -2.06. The molecule has 3 N–H and O–H groups in total. The number of hydrogen-bond donors (Lipinski definition) is 3. The van der Waals surface area contributed by atoms with Gasteiger partial charge in [0.1, 0.15) is 5.75 Å². The molecule has 0 radical (unpaired) electrons. The number of unbranched alkanes of at least 4 members (excludes halogenated alkanes) is 2.